The summed E-state index contributed by atoms with van der Waals surface area (Å²) in [6.45, 7) is 10.2. The van der Waals surface area contributed by atoms with Crippen LogP contribution in [0.4, 0.5) is 0 Å². The van der Waals surface area contributed by atoms with Crippen LogP contribution in [0, 0.1) is 5.92 Å². The Morgan fingerprint density at radius 2 is 0.756 bits per heavy atom. The molecule has 0 heterocycles. The Kier molecular flexibility index (Phi) is 36.0. The van der Waals surface area contributed by atoms with Gasteiger partial charge in [-0.05, 0) is 51.6 Å². The normalized spacial score (nSPS) is 13.1. The second-order valence-electron chi connectivity index (χ2n) is 14.4. The van der Waals surface area contributed by atoms with Crippen molar-refractivity contribution >= 4 is 5.78 Å². The van der Waals surface area contributed by atoms with Gasteiger partial charge in [0.15, 0.2) is 5.78 Å². The fourth-order valence-electron chi connectivity index (χ4n) is 6.84. The second-order valence-corrected chi connectivity index (χ2v) is 14.4. The molecule has 0 saturated carbocycles. The Labute approximate surface area is 283 Å². The van der Waals surface area contributed by atoms with Crippen molar-refractivity contribution in [2.75, 3.05) is 26.2 Å². The molecule has 4 nitrogen and oxygen atoms in total. The Balaban J connectivity index is 4.44. The molecule has 0 aliphatic heterocycles. The van der Waals surface area contributed by atoms with E-state index in [-0.39, 0.29) is 18.3 Å². The van der Waals surface area contributed by atoms with Gasteiger partial charge >= 0.3 is 0 Å². The molecule has 4 heteroatoms. The molecule has 270 valence electrons. The molecule has 0 saturated heterocycles. The number of hydrogen-bond acceptors (Lipinski definition) is 4. The fraction of sp³-hybridized carbons (Fsp3) is 0.976. The zero-order valence-corrected chi connectivity index (χ0v) is 31.2. The highest BCUT2D eigenvalue weighted by Crippen LogP contribution is 2.23. The van der Waals surface area contributed by atoms with Crippen LogP contribution >= 0.6 is 0 Å². The van der Waals surface area contributed by atoms with Crippen LogP contribution in [-0.2, 0) is 4.79 Å². The molecule has 2 atom stereocenters. The van der Waals surface area contributed by atoms with Gasteiger partial charge in [-0.25, -0.2) is 0 Å². The number of aliphatic hydroxyl groups excluding tert-OH is 2. The lowest BCUT2D eigenvalue weighted by Crippen LogP contribution is -2.29. The number of hydrogen-bond donors (Lipinski definition) is 2. The number of aliphatic hydroxyl groups is 2. The molecule has 0 fully saturated rings. The molecule has 0 aromatic carbocycles. The average Bonchev–Trinajstić information content (AvgIpc) is 3.05. The minimum Gasteiger partial charge on any atom is -0.396 e. The number of rotatable bonds is 38. The molecule has 0 spiro atoms. The summed E-state index contributed by atoms with van der Waals surface area (Å²) in [5.74, 6) is 0.196. The van der Waals surface area contributed by atoms with Gasteiger partial charge in [-0.1, -0.05) is 181 Å². The molecule has 0 aromatic rings. The summed E-state index contributed by atoms with van der Waals surface area (Å²) < 4.78 is 0. The molecule has 0 aliphatic carbocycles. The monoisotopic (exact) mass is 638 g/mol. The molecular formula is C41H83NO3. The molecule has 0 aliphatic rings. The number of ketones is 1. The molecule has 0 bridgehead atoms. The summed E-state index contributed by atoms with van der Waals surface area (Å²) >= 11 is 0. The average molecular weight is 638 g/mol. The van der Waals surface area contributed by atoms with Gasteiger partial charge < -0.3 is 15.1 Å². The molecule has 0 aromatic heterocycles. The highest BCUT2D eigenvalue weighted by atomic mass is 16.3. The molecule has 2 N–H and O–H groups in total. The molecule has 2 unspecified atom stereocenters. The topological polar surface area (TPSA) is 60.8 Å². The largest absolute Gasteiger partial charge is 0.396 e. The van der Waals surface area contributed by atoms with Crippen LogP contribution in [0.3, 0.4) is 0 Å². The summed E-state index contributed by atoms with van der Waals surface area (Å²) in [6, 6.07) is 0. The van der Waals surface area contributed by atoms with Crippen LogP contribution < -0.4 is 0 Å². The van der Waals surface area contributed by atoms with E-state index in [0.29, 0.717) is 6.42 Å². The first kappa shape index (κ1) is 44.5. The van der Waals surface area contributed by atoms with Crippen molar-refractivity contribution < 1.29 is 15.0 Å². The summed E-state index contributed by atoms with van der Waals surface area (Å²) in [5, 5.41) is 20.2. The van der Waals surface area contributed by atoms with E-state index in [2.05, 4.69) is 25.7 Å². The van der Waals surface area contributed by atoms with Gasteiger partial charge in [0.25, 0.3) is 0 Å². The molecule has 0 amide bonds. The summed E-state index contributed by atoms with van der Waals surface area (Å²) in [7, 11) is 0. The van der Waals surface area contributed by atoms with Crippen LogP contribution in [0.15, 0.2) is 0 Å². The van der Waals surface area contributed by atoms with Crippen LogP contribution in [0.2, 0.25) is 0 Å². The lowest BCUT2D eigenvalue weighted by atomic mass is 9.87. The Morgan fingerprint density at radius 3 is 1.16 bits per heavy atom. The number of nitrogens with zero attached hydrogens (tertiary/aromatic N) is 1. The van der Waals surface area contributed by atoms with Gasteiger partial charge in [-0.2, -0.15) is 0 Å². The maximum absolute atomic E-state index is 13.4. The summed E-state index contributed by atoms with van der Waals surface area (Å²) in [5.41, 5.74) is 0. The zero-order chi connectivity index (χ0) is 33.1. The van der Waals surface area contributed by atoms with Gasteiger partial charge in [0.05, 0.1) is 0 Å². The van der Waals surface area contributed by atoms with Crippen molar-refractivity contribution in [3.8, 4) is 0 Å². The van der Waals surface area contributed by atoms with E-state index in [1.807, 2.05) is 0 Å². The van der Waals surface area contributed by atoms with Gasteiger partial charge in [-0.3, -0.25) is 4.79 Å². The summed E-state index contributed by atoms with van der Waals surface area (Å²) in [6.07, 6.45) is 37.3. The lowest BCUT2D eigenvalue weighted by molar-refractivity contribution is -0.132. The SMILES string of the molecule is CCCCCCCCCCCCCC(CCCCCCCCCC)C(=O)C(O)CCCCCN(CCCO)CCCCCCC. The number of unbranched alkanes of at least 4 members (excludes halogenated alkanes) is 23. The Hall–Kier alpha value is -0.450. The first-order chi connectivity index (χ1) is 22.1. The van der Waals surface area contributed by atoms with E-state index in [4.69, 9.17) is 0 Å². The summed E-state index contributed by atoms with van der Waals surface area (Å²) in [4.78, 5) is 15.9. The third kappa shape index (κ3) is 30.6. The van der Waals surface area contributed by atoms with E-state index in [1.165, 1.54) is 141 Å². The first-order valence-corrected chi connectivity index (χ1v) is 20.7. The quantitative estimate of drug-likeness (QED) is 0.0661. The smallest absolute Gasteiger partial charge is 0.164 e. The van der Waals surface area contributed by atoms with Crippen molar-refractivity contribution in [3.63, 3.8) is 0 Å². The maximum atomic E-state index is 13.4. The van der Waals surface area contributed by atoms with E-state index in [0.717, 1.165) is 71.0 Å². The molecule has 0 rings (SSSR count). The Morgan fingerprint density at radius 1 is 0.444 bits per heavy atom. The number of carbonyl (C=O) groups excluding carboxylic acids is 1. The predicted molar refractivity (Wildman–Crippen MR) is 198 cm³/mol. The van der Waals surface area contributed by atoms with Crippen LogP contribution in [0.1, 0.15) is 220 Å². The van der Waals surface area contributed by atoms with Crippen molar-refractivity contribution in [1.29, 1.82) is 0 Å². The van der Waals surface area contributed by atoms with Gasteiger partial charge in [-0.15, -0.1) is 0 Å². The standard InChI is InChI=1S/C41H83NO3/c1-4-7-10-13-15-17-18-19-21-23-27-33-39(32-26-22-20-16-14-11-8-5-2)41(45)40(44)34-28-25-30-36-42(37-31-38-43)35-29-24-12-9-6-3/h39-40,43-44H,4-38H2,1-3H3. The predicted octanol–water partition coefficient (Wildman–Crippen LogP) is 12.0. The number of Topliss-reactive ketones (excluding diaryl/α,β-unsaturated/α-hetero) is 1. The minimum absolute atomic E-state index is 0.0559. The third-order valence-corrected chi connectivity index (χ3v) is 9.96. The first-order valence-electron chi connectivity index (χ1n) is 20.7. The lowest BCUT2D eigenvalue weighted by Gasteiger charge is -2.22. The minimum atomic E-state index is -0.777. The van der Waals surface area contributed by atoms with Gasteiger partial charge in [0.2, 0.25) is 0 Å². The molecular weight excluding hydrogens is 554 g/mol. The maximum Gasteiger partial charge on any atom is 0.164 e. The van der Waals surface area contributed by atoms with Crippen molar-refractivity contribution in [2.24, 2.45) is 5.92 Å². The zero-order valence-electron chi connectivity index (χ0n) is 31.2. The van der Waals surface area contributed by atoms with Crippen molar-refractivity contribution in [3.05, 3.63) is 0 Å². The van der Waals surface area contributed by atoms with E-state index >= 15 is 0 Å². The highest BCUT2D eigenvalue weighted by molar-refractivity contribution is 5.85. The van der Waals surface area contributed by atoms with Crippen molar-refractivity contribution in [1.82, 2.24) is 4.90 Å². The Bertz CT molecular complexity index is 583. The highest BCUT2D eigenvalue weighted by Gasteiger charge is 2.24. The van der Waals surface area contributed by atoms with Crippen molar-refractivity contribution in [2.45, 2.75) is 226 Å². The fourth-order valence-corrected chi connectivity index (χ4v) is 6.84. The van der Waals surface area contributed by atoms with E-state index in [1.54, 1.807) is 0 Å². The van der Waals surface area contributed by atoms with E-state index < -0.39 is 6.10 Å². The second kappa shape index (κ2) is 36.4. The van der Waals surface area contributed by atoms with Crippen LogP contribution in [-0.4, -0.2) is 53.2 Å². The van der Waals surface area contributed by atoms with Crippen LogP contribution in [0.5, 0.6) is 0 Å². The third-order valence-electron chi connectivity index (χ3n) is 9.96. The van der Waals surface area contributed by atoms with E-state index in [9.17, 15) is 15.0 Å². The van der Waals surface area contributed by atoms with Gasteiger partial charge in [0.1, 0.15) is 6.10 Å². The van der Waals surface area contributed by atoms with Crippen LogP contribution in [0.25, 0.3) is 0 Å². The number of carbonyl (C=O) groups is 1. The molecule has 45 heavy (non-hydrogen) atoms. The molecule has 0 radical (unpaired) electrons. The van der Waals surface area contributed by atoms with Gasteiger partial charge in [0, 0.05) is 19.1 Å².